The molecule has 1 aliphatic carbocycles. The van der Waals surface area contributed by atoms with E-state index in [-0.39, 0.29) is 24.1 Å². The minimum atomic E-state index is -4.23. The standard InChI is InChI=1S/C25H27FN4O5S/c1-15-21(16(2)35-28-15)12-27-19-9-8-18-10-22(34-14-17-6-4-3-5-7-17)25(24(26)20(18)11-19)30-13-23(31)29-36(30,32)33/h3-7,10,19,27H,8-9,11-14H2,1-2H3,(H,29,31). The van der Waals surface area contributed by atoms with Crippen LogP contribution in [0.25, 0.3) is 0 Å². The van der Waals surface area contributed by atoms with Crippen molar-refractivity contribution in [3.63, 3.8) is 0 Å². The van der Waals surface area contributed by atoms with Crippen molar-refractivity contribution < 1.29 is 26.9 Å². The fourth-order valence-corrected chi connectivity index (χ4v) is 5.89. The van der Waals surface area contributed by atoms with E-state index in [0.717, 1.165) is 38.9 Å². The van der Waals surface area contributed by atoms with Crippen LogP contribution in [-0.4, -0.2) is 32.1 Å². The lowest BCUT2D eigenvalue weighted by atomic mass is 9.87. The molecule has 190 valence electrons. The number of nitrogens with zero attached hydrogens (tertiary/aromatic N) is 2. The Morgan fingerprint density at radius 1 is 1.28 bits per heavy atom. The third-order valence-electron chi connectivity index (χ3n) is 6.67. The SMILES string of the molecule is Cc1noc(C)c1CNC1CCc2cc(OCc3ccccc3)c(N3CC(=O)NS3(=O)=O)c(F)c2C1. The van der Waals surface area contributed by atoms with Crippen LogP contribution in [0.2, 0.25) is 0 Å². The third kappa shape index (κ3) is 4.68. The van der Waals surface area contributed by atoms with Crippen molar-refractivity contribution in [3.05, 3.63) is 75.9 Å². The number of fused-ring (bicyclic) bond motifs is 1. The Morgan fingerprint density at radius 2 is 2.06 bits per heavy atom. The van der Waals surface area contributed by atoms with E-state index in [0.29, 0.717) is 24.9 Å². The highest BCUT2D eigenvalue weighted by Gasteiger charge is 2.39. The fraction of sp³-hybridized carbons (Fsp3) is 0.360. The van der Waals surface area contributed by atoms with Crippen LogP contribution >= 0.6 is 0 Å². The number of carbonyl (C=O) groups excluding carboxylic acids is 1. The van der Waals surface area contributed by atoms with Crippen LogP contribution in [0.15, 0.2) is 40.9 Å². The number of aryl methyl sites for hydroxylation is 3. The summed E-state index contributed by atoms with van der Waals surface area (Å²) >= 11 is 0. The number of anilines is 1. The lowest BCUT2D eigenvalue weighted by Gasteiger charge is -2.29. The summed E-state index contributed by atoms with van der Waals surface area (Å²) < 4.78 is 55.2. The molecule has 2 aromatic carbocycles. The van der Waals surface area contributed by atoms with E-state index in [9.17, 15) is 13.2 Å². The molecule has 36 heavy (non-hydrogen) atoms. The fourth-order valence-electron chi connectivity index (χ4n) is 4.73. The molecule has 1 fully saturated rings. The minimum Gasteiger partial charge on any atom is -0.487 e. The number of benzene rings is 2. The van der Waals surface area contributed by atoms with Crippen molar-refractivity contribution in [3.8, 4) is 5.75 Å². The number of ether oxygens (including phenoxy) is 1. The smallest absolute Gasteiger partial charge is 0.326 e. The number of amides is 1. The van der Waals surface area contributed by atoms with Crippen LogP contribution in [0.1, 0.15) is 40.1 Å². The van der Waals surface area contributed by atoms with Gasteiger partial charge in [0.1, 0.15) is 30.3 Å². The molecule has 5 rings (SSSR count). The topological polar surface area (TPSA) is 114 Å². The number of carbonyl (C=O) groups is 1. The number of hydrogen-bond donors (Lipinski definition) is 2. The monoisotopic (exact) mass is 514 g/mol. The van der Waals surface area contributed by atoms with Crippen LogP contribution in [0.4, 0.5) is 10.1 Å². The summed E-state index contributed by atoms with van der Waals surface area (Å²) in [6.07, 6.45) is 1.73. The Hall–Kier alpha value is -3.44. The Labute approximate surface area is 208 Å². The highest BCUT2D eigenvalue weighted by atomic mass is 32.2. The van der Waals surface area contributed by atoms with Gasteiger partial charge in [-0.25, -0.2) is 13.4 Å². The molecule has 2 N–H and O–H groups in total. The molecule has 3 aromatic rings. The molecule has 1 aliphatic heterocycles. The van der Waals surface area contributed by atoms with Crippen LogP contribution in [0.3, 0.4) is 0 Å². The van der Waals surface area contributed by atoms with Crippen LogP contribution in [-0.2, 0) is 41.0 Å². The van der Waals surface area contributed by atoms with Crippen molar-refractivity contribution >= 4 is 21.8 Å². The average Bonchev–Trinajstić information content (AvgIpc) is 3.32. The zero-order chi connectivity index (χ0) is 25.4. The van der Waals surface area contributed by atoms with Gasteiger partial charge in [0.05, 0.1) is 5.69 Å². The predicted octanol–water partition coefficient (Wildman–Crippen LogP) is 2.84. The van der Waals surface area contributed by atoms with Gasteiger partial charge < -0.3 is 14.6 Å². The summed E-state index contributed by atoms with van der Waals surface area (Å²) in [4.78, 5) is 11.9. The molecule has 1 unspecified atom stereocenters. The molecule has 0 saturated carbocycles. The van der Waals surface area contributed by atoms with Gasteiger partial charge in [0.2, 0.25) is 0 Å². The van der Waals surface area contributed by atoms with E-state index in [2.05, 4.69) is 10.5 Å². The second kappa shape index (κ2) is 9.55. The first-order valence-corrected chi connectivity index (χ1v) is 13.2. The Bertz CT molecular complexity index is 1390. The third-order valence-corrected chi connectivity index (χ3v) is 8.04. The van der Waals surface area contributed by atoms with Crippen molar-refractivity contribution in [2.45, 2.75) is 52.3 Å². The average molecular weight is 515 g/mol. The number of rotatable bonds is 7. The molecule has 1 atom stereocenters. The van der Waals surface area contributed by atoms with Gasteiger partial charge in [-0.1, -0.05) is 35.5 Å². The molecule has 0 radical (unpaired) electrons. The molecular formula is C25H27FN4O5S. The van der Waals surface area contributed by atoms with Gasteiger partial charge in [-0.3, -0.25) is 4.79 Å². The summed E-state index contributed by atoms with van der Waals surface area (Å²) in [5.74, 6) is -0.571. The molecule has 2 heterocycles. The molecule has 11 heteroatoms. The van der Waals surface area contributed by atoms with E-state index >= 15 is 4.39 Å². The van der Waals surface area contributed by atoms with Crippen molar-refractivity contribution in [2.75, 3.05) is 10.8 Å². The molecule has 9 nitrogen and oxygen atoms in total. The first-order valence-electron chi connectivity index (χ1n) is 11.7. The van der Waals surface area contributed by atoms with Gasteiger partial charge >= 0.3 is 10.2 Å². The van der Waals surface area contributed by atoms with Gasteiger partial charge in [0.15, 0.2) is 5.82 Å². The number of aromatic nitrogens is 1. The van der Waals surface area contributed by atoms with E-state index < -0.39 is 28.5 Å². The van der Waals surface area contributed by atoms with Crippen molar-refractivity contribution in [2.24, 2.45) is 0 Å². The van der Waals surface area contributed by atoms with E-state index in [1.54, 1.807) is 6.07 Å². The maximum absolute atomic E-state index is 16.1. The first-order chi connectivity index (χ1) is 17.2. The molecular weight excluding hydrogens is 487 g/mol. The van der Waals surface area contributed by atoms with Crippen molar-refractivity contribution in [1.82, 2.24) is 15.2 Å². The summed E-state index contributed by atoms with van der Waals surface area (Å²) in [7, 11) is -4.23. The molecule has 0 bridgehead atoms. The van der Waals surface area contributed by atoms with Crippen LogP contribution in [0.5, 0.6) is 5.75 Å². The Morgan fingerprint density at radius 3 is 2.72 bits per heavy atom. The van der Waals surface area contributed by atoms with E-state index in [1.165, 1.54) is 0 Å². The van der Waals surface area contributed by atoms with Gasteiger partial charge in [0, 0.05) is 18.2 Å². The second-order valence-corrected chi connectivity index (χ2v) is 10.7. The summed E-state index contributed by atoms with van der Waals surface area (Å²) in [6, 6.07) is 11.0. The maximum Gasteiger partial charge on any atom is 0.326 e. The van der Waals surface area contributed by atoms with E-state index in [4.69, 9.17) is 9.26 Å². The molecule has 1 saturated heterocycles. The van der Waals surface area contributed by atoms with E-state index in [1.807, 2.05) is 48.9 Å². The lowest BCUT2D eigenvalue weighted by Crippen LogP contribution is -2.36. The maximum atomic E-state index is 16.1. The first kappa shape index (κ1) is 24.3. The largest absolute Gasteiger partial charge is 0.487 e. The van der Waals surface area contributed by atoms with Crippen LogP contribution < -0.4 is 19.1 Å². The summed E-state index contributed by atoms with van der Waals surface area (Å²) in [5.41, 5.74) is 3.58. The Kier molecular flexibility index (Phi) is 6.44. The molecule has 1 amide bonds. The predicted molar refractivity (Wildman–Crippen MR) is 130 cm³/mol. The minimum absolute atomic E-state index is 0.0282. The lowest BCUT2D eigenvalue weighted by molar-refractivity contribution is -0.117. The highest BCUT2D eigenvalue weighted by molar-refractivity contribution is 7.92. The van der Waals surface area contributed by atoms with Crippen LogP contribution in [0, 0.1) is 19.7 Å². The quantitative estimate of drug-likeness (QED) is 0.498. The summed E-state index contributed by atoms with van der Waals surface area (Å²) in [6.45, 7) is 3.88. The van der Waals surface area contributed by atoms with Gasteiger partial charge in [0.25, 0.3) is 5.91 Å². The molecule has 0 spiro atoms. The normalized spacial score (nSPS) is 18.7. The molecule has 1 aromatic heterocycles. The number of hydrogen-bond acceptors (Lipinski definition) is 7. The van der Waals surface area contributed by atoms with Gasteiger partial charge in [-0.05, 0) is 55.9 Å². The van der Waals surface area contributed by atoms with Gasteiger partial charge in [-0.15, -0.1) is 0 Å². The molecule has 2 aliphatic rings. The Balaban J connectivity index is 1.46. The summed E-state index contributed by atoms with van der Waals surface area (Å²) in [5, 5.41) is 7.42. The van der Waals surface area contributed by atoms with Crippen molar-refractivity contribution in [1.29, 1.82) is 0 Å². The van der Waals surface area contributed by atoms with Gasteiger partial charge in [-0.2, -0.15) is 8.42 Å². The highest BCUT2D eigenvalue weighted by Crippen LogP contribution is 2.40. The zero-order valence-corrected chi connectivity index (χ0v) is 20.8. The second-order valence-electron chi connectivity index (χ2n) is 9.11. The number of halogens is 1. The zero-order valence-electron chi connectivity index (χ0n) is 20.0. The number of nitrogens with one attached hydrogen (secondary N) is 2.